The Morgan fingerprint density at radius 1 is 1.17 bits per heavy atom. The standard InChI is InChI=1S/C17H16Cl2FNO2/c18-12-3-1-11(2-4-12)17(16-10-21-7-8-22-16)23-15-6-5-13(20)9-14(15)19/h1-6,9,16-17,21H,7-8,10H2/t16?,17-/m0/s1. The molecule has 3 nitrogen and oxygen atoms in total. The molecule has 0 saturated carbocycles. The van der Waals surface area contributed by atoms with Crippen LogP contribution in [-0.4, -0.2) is 25.8 Å². The lowest BCUT2D eigenvalue weighted by atomic mass is 10.0. The summed E-state index contributed by atoms with van der Waals surface area (Å²) in [6.45, 7) is 2.07. The van der Waals surface area contributed by atoms with Gasteiger partial charge in [0.15, 0.2) is 6.10 Å². The molecule has 0 aromatic heterocycles. The van der Waals surface area contributed by atoms with Crippen LogP contribution >= 0.6 is 23.2 Å². The topological polar surface area (TPSA) is 30.5 Å². The molecule has 1 aliphatic rings. The lowest BCUT2D eigenvalue weighted by Gasteiger charge is -2.32. The molecule has 2 atom stereocenters. The largest absolute Gasteiger partial charge is 0.481 e. The van der Waals surface area contributed by atoms with Crippen molar-refractivity contribution in [2.75, 3.05) is 19.7 Å². The molecule has 1 unspecified atom stereocenters. The molecule has 6 heteroatoms. The molecule has 2 aromatic rings. The maximum atomic E-state index is 13.2. The molecule has 122 valence electrons. The van der Waals surface area contributed by atoms with E-state index in [2.05, 4.69) is 5.32 Å². The highest BCUT2D eigenvalue weighted by molar-refractivity contribution is 6.32. The maximum absolute atomic E-state index is 13.2. The second-order valence-electron chi connectivity index (χ2n) is 5.28. The van der Waals surface area contributed by atoms with Gasteiger partial charge < -0.3 is 14.8 Å². The van der Waals surface area contributed by atoms with Crippen molar-refractivity contribution in [3.63, 3.8) is 0 Å². The lowest BCUT2D eigenvalue weighted by molar-refractivity contribution is -0.0432. The Morgan fingerprint density at radius 3 is 2.61 bits per heavy atom. The van der Waals surface area contributed by atoms with E-state index in [-0.39, 0.29) is 17.2 Å². The molecule has 1 saturated heterocycles. The van der Waals surface area contributed by atoms with Crippen LogP contribution in [0.1, 0.15) is 11.7 Å². The van der Waals surface area contributed by atoms with E-state index in [0.717, 1.165) is 12.1 Å². The highest BCUT2D eigenvalue weighted by Crippen LogP contribution is 2.32. The molecule has 1 fully saturated rings. The normalized spacial score (nSPS) is 19.3. The van der Waals surface area contributed by atoms with Gasteiger partial charge in [-0.15, -0.1) is 0 Å². The summed E-state index contributed by atoms with van der Waals surface area (Å²) in [7, 11) is 0. The van der Waals surface area contributed by atoms with Crippen LogP contribution in [0.5, 0.6) is 5.75 Å². The third-order valence-electron chi connectivity index (χ3n) is 3.64. The molecule has 0 amide bonds. The number of hydrogen-bond acceptors (Lipinski definition) is 3. The first-order valence-electron chi connectivity index (χ1n) is 7.33. The van der Waals surface area contributed by atoms with Crippen molar-refractivity contribution >= 4 is 23.2 Å². The summed E-state index contributed by atoms with van der Waals surface area (Å²) in [6.07, 6.45) is -0.547. The van der Waals surface area contributed by atoms with E-state index in [1.54, 1.807) is 12.1 Å². The van der Waals surface area contributed by atoms with Crippen LogP contribution in [0.3, 0.4) is 0 Å². The molecule has 1 aliphatic heterocycles. The second kappa shape index (κ2) is 7.49. The first kappa shape index (κ1) is 16.5. The van der Waals surface area contributed by atoms with E-state index >= 15 is 0 Å². The van der Waals surface area contributed by atoms with Gasteiger partial charge in [0, 0.05) is 18.1 Å². The van der Waals surface area contributed by atoms with Crippen LogP contribution in [0.15, 0.2) is 42.5 Å². The van der Waals surface area contributed by atoms with Crippen LogP contribution in [0.2, 0.25) is 10.0 Å². The fraction of sp³-hybridized carbons (Fsp3) is 0.294. The van der Waals surface area contributed by atoms with Crippen LogP contribution in [0, 0.1) is 5.82 Å². The smallest absolute Gasteiger partial charge is 0.151 e. The molecule has 1 N–H and O–H groups in total. The molecule has 0 radical (unpaired) electrons. The van der Waals surface area contributed by atoms with Gasteiger partial charge in [0.1, 0.15) is 17.7 Å². The van der Waals surface area contributed by atoms with Gasteiger partial charge in [-0.3, -0.25) is 0 Å². The van der Waals surface area contributed by atoms with Gasteiger partial charge in [-0.25, -0.2) is 4.39 Å². The van der Waals surface area contributed by atoms with Gasteiger partial charge in [0.05, 0.1) is 11.6 Å². The van der Waals surface area contributed by atoms with Crippen molar-refractivity contribution < 1.29 is 13.9 Å². The van der Waals surface area contributed by atoms with Crippen molar-refractivity contribution in [3.8, 4) is 5.75 Å². The number of halogens is 3. The zero-order chi connectivity index (χ0) is 16.2. The second-order valence-corrected chi connectivity index (χ2v) is 6.12. The zero-order valence-corrected chi connectivity index (χ0v) is 13.8. The molecule has 3 rings (SSSR count). The molecule has 0 spiro atoms. The van der Waals surface area contributed by atoms with E-state index in [0.29, 0.717) is 23.9 Å². The van der Waals surface area contributed by atoms with Crippen molar-refractivity contribution in [1.82, 2.24) is 5.32 Å². The van der Waals surface area contributed by atoms with Crippen LogP contribution in [-0.2, 0) is 4.74 Å². The summed E-state index contributed by atoms with van der Waals surface area (Å²) in [5, 5.41) is 4.16. The monoisotopic (exact) mass is 355 g/mol. The average molecular weight is 356 g/mol. The zero-order valence-electron chi connectivity index (χ0n) is 12.3. The number of morpholine rings is 1. The molecule has 1 heterocycles. The third-order valence-corrected chi connectivity index (χ3v) is 4.19. The number of benzene rings is 2. The van der Waals surface area contributed by atoms with Crippen LogP contribution < -0.4 is 10.1 Å². The minimum absolute atomic E-state index is 0.175. The minimum Gasteiger partial charge on any atom is -0.481 e. The number of rotatable bonds is 4. The Bertz CT molecular complexity index is 660. The van der Waals surface area contributed by atoms with Gasteiger partial charge in [-0.05, 0) is 35.9 Å². The molecule has 23 heavy (non-hydrogen) atoms. The van der Waals surface area contributed by atoms with Gasteiger partial charge in [-0.2, -0.15) is 0 Å². The SMILES string of the molecule is Fc1ccc(O[C@@H](c2ccc(Cl)cc2)C2CNCCO2)c(Cl)c1. The van der Waals surface area contributed by atoms with E-state index in [1.165, 1.54) is 18.2 Å². The Balaban J connectivity index is 1.89. The molecule has 2 aromatic carbocycles. The predicted octanol–water partition coefficient (Wildman–Crippen LogP) is 4.24. The quantitative estimate of drug-likeness (QED) is 0.889. The molecular formula is C17H16Cl2FNO2. The van der Waals surface area contributed by atoms with Crippen molar-refractivity contribution in [3.05, 3.63) is 63.9 Å². The first-order valence-corrected chi connectivity index (χ1v) is 8.08. The first-order chi connectivity index (χ1) is 11.1. The van der Waals surface area contributed by atoms with E-state index < -0.39 is 5.82 Å². The van der Waals surface area contributed by atoms with E-state index in [9.17, 15) is 4.39 Å². The minimum atomic E-state index is -0.402. The lowest BCUT2D eigenvalue weighted by Crippen LogP contribution is -2.43. The van der Waals surface area contributed by atoms with Crippen LogP contribution in [0.4, 0.5) is 4.39 Å². The third kappa shape index (κ3) is 4.15. The van der Waals surface area contributed by atoms with Crippen molar-refractivity contribution in [2.45, 2.75) is 12.2 Å². The predicted molar refractivity (Wildman–Crippen MR) is 88.8 cm³/mol. The number of nitrogens with one attached hydrogen (secondary N) is 1. The summed E-state index contributed by atoms with van der Waals surface area (Å²) in [6, 6.07) is 11.5. The summed E-state index contributed by atoms with van der Waals surface area (Å²) in [4.78, 5) is 0. The maximum Gasteiger partial charge on any atom is 0.151 e. The van der Waals surface area contributed by atoms with Gasteiger partial charge in [0.2, 0.25) is 0 Å². The Labute approximate surface area is 144 Å². The highest BCUT2D eigenvalue weighted by Gasteiger charge is 2.28. The van der Waals surface area contributed by atoms with Crippen LogP contribution in [0.25, 0.3) is 0 Å². The fourth-order valence-electron chi connectivity index (χ4n) is 2.50. The summed E-state index contributed by atoms with van der Waals surface area (Å²) < 4.78 is 25.1. The van der Waals surface area contributed by atoms with Crippen molar-refractivity contribution in [2.24, 2.45) is 0 Å². The number of hydrogen-bond donors (Lipinski definition) is 1. The Hall–Kier alpha value is -1.33. The Morgan fingerprint density at radius 2 is 1.96 bits per heavy atom. The van der Waals surface area contributed by atoms with Gasteiger partial charge in [0.25, 0.3) is 0 Å². The summed E-state index contributed by atoms with van der Waals surface area (Å²) in [5.74, 6) is 0.0168. The average Bonchev–Trinajstić information content (AvgIpc) is 2.56. The highest BCUT2D eigenvalue weighted by atomic mass is 35.5. The van der Waals surface area contributed by atoms with Crippen molar-refractivity contribution in [1.29, 1.82) is 0 Å². The van der Waals surface area contributed by atoms with E-state index in [4.69, 9.17) is 32.7 Å². The van der Waals surface area contributed by atoms with Gasteiger partial charge in [-0.1, -0.05) is 35.3 Å². The Kier molecular flexibility index (Phi) is 5.38. The fourth-order valence-corrected chi connectivity index (χ4v) is 2.84. The van der Waals surface area contributed by atoms with E-state index in [1.807, 2.05) is 12.1 Å². The molecule has 0 bridgehead atoms. The van der Waals surface area contributed by atoms with Gasteiger partial charge >= 0.3 is 0 Å². The molecular weight excluding hydrogens is 340 g/mol. The number of ether oxygens (including phenoxy) is 2. The molecule has 0 aliphatic carbocycles. The summed E-state index contributed by atoms with van der Waals surface area (Å²) >= 11 is 12.0. The summed E-state index contributed by atoms with van der Waals surface area (Å²) in [5.41, 5.74) is 0.920.